The molecule has 2 amide bonds. The molecule has 0 aliphatic heterocycles. The fourth-order valence-corrected chi connectivity index (χ4v) is 4.57. The van der Waals surface area contributed by atoms with Crippen LogP contribution < -0.4 is 14.8 Å². The average molecular weight is 559 g/mol. The molecule has 206 valence electrons. The van der Waals surface area contributed by atoms with Crippen LogP contribution in [-0.4, -0.2) is 53.6 Å². The summed E-state index contributed by atoms with van der Waals surface area (Å²) in [6.45, 7) is 2.43. The number of nitrogens with zero attached hydrogens (tertiary/aromatic N) is 3. The minimum Gasteiger partial charge on any atom is -0.493 e. The van der Waals surface area contributed by atoms with E-state index in [1.54, 1.807) is 54.0 Å². The van der Waals surface area contributed by atoms with Crippen molar-refractivity contribution >= 4 is 29.4 Å². The molecule has 1 aromatic heterocycles. The van der Waals surface area contributed by atoms with Crippen LogP contribution in [0, 0.1) is 12.8 Å². The molecule has 5 rings (SSSR count). The number of anilines is 1. The number of hydrogen-bond acceptors (Lipinski definition) is 5. The van der Waals surface area contributed by atoms with Crippen molar-refractivity contribution in [2.75, 3.05) is 32.6 Å². The normalized spacial score (nSPS) is 12.6. The molecule has 1 heterocycles. The van der Waals surface area contributed by atoms with Crippen LogP contribution in [0.5, 0.6) is 11.5 Å². The summed E-state index contributed by atoms with van der Waals surface area (Å²) >= 11 is 6.09. The lowest BCUT2D eigenvalue weighted by atomic mass is 10.1. The summed E-state index contributed by atoms with van der Waals surface area (Å²) in [7, 11) is 3.14. The molecule has 0 saturated heterocycles. The molecule has 1 N–H and O–H groups in total. The number of carbonyl (C=O) groups is 2. The van der Waals surface area contributed by atoms with Gasteiger partial charge < -0.3 is 14.4 Å². The molecule has 1 aliphatic carbocycles. The lowest BCUT2D eigenvalue weighted by Crippen LogP contribution is -2.39. The number of carbonyl (C=O) groups excluding carboxylic acids is 2. The summed E-state index contributed by atoms with van der Waals surface area (Å²) in [6.07, 6.45) is 3.96. The summed E-state index contributed by atoms with van der Waals surface area (Å²) in [5.74, 6) is 1.37. The highest BCUT2D eigenvalue weighted by atomic mass is 35.5. The maximum absolute atomic E-state index is 13.4. The van der Waals surface area contributed by atoms with Crippen LogP contribution in [0.3, 0.4) is 0 Å². The van der Waals surface area contributed by atoms with E-state index in [1.807, 2.05) is 49.5 Å². The second-order valence-corrected chi connectivity index (χ2v) is 10.3. The van der Waals surface area contributed by atoms with Gasteiger partial charge >= 0.3 is 0 Å². The van der Waals surface area contributed by atoms with Crippen molar-refractivity contribution in [3.63, 3.8) is 0 Å². The smallest absolute Gasteiger partial charge is 0.254 e. The number of methoxy groups -OCH3 is 2. The molecule has 4 aromatic rings. The third kappa shape index (κ3) is 6.29. The Morgan fingerprint density at radius 3 is 2.35 bits per heavy atom. The Bertz CT molecular complexity index is 1510. The van der Waals surface area contributed by atoms with Crippen LogP contribution in [0.4, 0.5) is 5.95 Å². The zero-order chi connectivity index (χ0) is 28.2. The van der Waals surface area contributed by atoms with E-state index in [0.717, 1.165) is 24.0 Å². The number of rotatable bonds is 10. The summed E-state index contributed by atoms with van der Waals surface area (Å²) in [5, 5.41) is 3.55. The van der Waals surface area contributed by atoms with Gasteiger partial charge in [-0.25, -0.2) is 4.98 Å². The molecule has 8 nitrogen and oxygen atoms in total. The molecular formula is C31H31ClN4O4. The van der Waals surface area contributed by atoms with Crippen molar-refractivity contribution in [2.45, 2.75) is 19.8 Å². The predicted molar refractivity (Wildman–Crippen MR) is 156 cm³/mol. The number of aryl methyl sites for hydroxylation is 1. The summed E-state index contributed by atoms with van der Waals surface area (Å²) < 4.78 is 12.6. The average Bonchev–Trinajstić information content (AvgIpc) is 3.69. The molecule has 1 fully saturated rings. The number of halogens is 1. The standard InChI is InChI=1S/C31H31ClN4O4/c1-20-4-8-23(9-5-20)30(38)35(17-21-6-7-21)19-29(37)34-31-33-26(22-10-12-24(32)13-11-22)18-36(31)25-14-15-27(39-2)28(16-25)40-3/h4-5,8-16,18,21H,6-7,17,19H2,1-3H3,(H,33,34,37). The second kappa shape index (κ2) is 11.8. The van der Waals surface area contributed by atoms with E-state index in [1.165, 1.54) is 0 Å². The number of imidazole rings is 1. The van der Waals surface area contributed by atoms with E-state index in [0.29, 0.717) is 51.9 Å². The van der Waals surface area contributed by atoms with E-state index >= 15 is 0 Å². The number of ether oxygens (including phenoxy) is 2. The van der Waals surface area contributed by atoms with Crippen LogP contribution in [0.2, 0.25) is 5.02 Å². The number of amides is 2. The highest BCUT2D eigenvalue weighted by Gasteiger charge is 2.29. The van der Waals surface area contributed by atoms with Crippen LogP contribution >= 0.6 is 11.6 Å². The van der Waals surface area contributed by atoms with Crippen molar-refractivity contribution in [1.82, 2.24) is 14.5 Å². The first-order valence-electron chi connectivity index (χ1n) is 13.1. The monoisotopic (exact) mass is 558 g/mol. The SMILES string of the molecule is COc1ccc(-n2cc(-c3ccc(Cl)cc3)nc2NC(=O)CN(CC2CC2)C(=O)c2ccc(C)cc2)cc1OC. The molecular weight excluding hydrogens is 528 g/mol. The van der Waals surface area contributed by atoms with Gasteiger partial charge in [-0.15, -0.1) is 0 Å². The number of nitrogens with one attached hydrogen (secondary N) is 1. The van der Waals surface area contributed by atoms with Gasteiger partial charge in [-0.2, -0.15) is 0 Å². The Morgan fingerprint density at radius 1 is 1.00 bits per heavy atom. The van der Waals surface area contributed by atoms with E-state index in [2.05, 4.69) is 5.32 Å². The molecule has 0 bridgehead atoms. The molecule has 3 aromatic carbocycles. The minimum atomic E-state index is -0.337. The summed E-state index contributed by atoms with van der Waals surface area (Å²) in [6, 6.07) is 20.2. The summed E-state index contributed by atoms with van der Waals surface area (Å²) in [5.41, 5.74) is 3.83. The van der Waals surface area contributed by atoms with E-state index < -0.39 is 0 Å². The maximum Gasteiger partial charge on any atom is 0.254 e. The molecule has 9 heteroatoms. The topological polar surface area (TPSA) is 85.7 Å². The van der Waals surface area contributed by atoms with E-state index in [9.17, 15) is 9.59 Å². The quantitative estimate of drug-likeness (QED) is 0.258. The van der Waals surface area contributed by atoms with Gasteiger partial charge in [0.2, 0.25) is 11.9 Å². The van der Waals surface area contributed by atoms with Crippen LogP contribution in [0.25, 0.3) is 16.9 Å². The van der Waals surface area contributed by atoms with Gasteiger partial charge in [0.15, 0.2) is 11.5 Å². The van der Waals surface area contributed by atoms with Crippen LogP contribution in [0.1, 0.15) is 28.8 Å². The van der Waals surface area contributed by atoms with Crippen molar-refractivity contribution in [3.05, 3.63) is 89.1 Å². The Hall–Kier alpha value is -4.30. The van der Waals surface area contributed by atoms with Gasteiger partial charge in [0.05, 0.1) is 25.6 Å². The maximum atomic E-state index is 13.4. The number of hydrogen-bond donors (Lipinski definition) is 1. The van der Waals surface area contributed by atoms with Crippen LogP contribution in [0.15, 0.2) is 72.9 Å². The van der Waals surface area contributed by atoms with Gasteiger partial charge in [-0.05, 0) is 62.1 Å². The first kappa shape index (κ1) is 27.3. The van der Waals surface area contributed by atoms with Crippen LogP contribution in [-0.2, 0) is 4.79 Å². The molecule has 0 spiro atoms. The zero-order valence-corrected chi connectivity index (χ0v) is 23.4. The molecule has 1 saturated carbocycles. The Balaban J connectivity index is 1.44. The number of aromatic nitrogens is 2. The summed E-state index contributed by atoms with van der Waals surface area (Å²) in [4.78, 5) is 33.1. The second-order valence-electron chi connectivity index (χ2n) is 9.91. The zero-order valence-electron chi connectivity index (χ0n) is 22.7. The van der Waals surface area contributed by atoms with E-state index in [4.69, 9.17) is 26.1 Å². The van der Waals surface area contributed by atoms with Gasteiger partial charge in [-0.3, -0.25) is 19.5 Å². The first-order valence-corrected chi connectivity index (χ1v) is 13.5. The molecule has 0 atom stereocenters. The van der Waals surface area contributed by atoms with Crippen molar-refractivity contribution in [1.29, 1.82) is 0 Å². The van der Waals surface area contributed by atoms with E-state index in [-0.39, 0.29) is 18.4 Å². The first-order chi connectivity index (χ1) is 19.3. The van der Waals surface area contributed by atoms with Crippen molar-refractivity contribution in [3.8, 4) is 28.4 Å². The van der Waals surface area contributed by atoms with Crippen molar-refractivity contribution < 1.29 is 19.1 Å². The highest BCUT2D eigenvalue weighted by Crippen LogP contribution is 2.33. The van der Waals surface area contributed by atoms with Gasteiger partial charge in [0, 0.05) is 35.0 Å². The highest BCUT2D eigenvalue weighted by molar-refractivity contribution is 6.30. The minimum absolute atomic E-state index is 0.0850. The third-order valence-electron chi connectivity index (χ3n) is 6.84. The van der Waals surface area contributed by atoms with Crippen molar-refractivity contribution in [2.24, 2.45) is 5.92 Å². The molecule has 40 heavy (non-hydrogen) atoms. The van der Waals surface area contributed by atoms with Gasteiger partial charge in [0.1, 0.15) is 6.54 Å². The largest absolute Gasteiger partial charge is 0.493 e. The number of benzene rings is 3. The fraction of sp³-hybridized carbons (Fsp3) is 0.258. The fourth-order valence-electron chi connectivity index (χ4n) is 4.45. The third-order valence-corrected chi connectivity index (χ3v) is 7.09. The lowest BCUT2D eigenvalue weighted by Gasteiger charge is -2.22. The molecule has 0 unspecified atom stereocenters. The lowest BCUT2D eigenvalue weighted by molar-refractivity contribution is -0.117. The molecule has 1 aliphatic rings. The Morgan fingerprint density at radius 2 is 1.70 bits per heavy atom. The Kier molecular flexibility index (Phi) is 8.07. The Labute approximate surface area is 238 Å². The van der Waals surface area contributed by atoms with Gasteiger partial charge in [0.25, 0.3) is 5.91 Å². The molecule has 0 radical (unpaired) electrons. The van der Waals surface area contributed by atoms with Gasteiger partial charge in [-0.1, -0.05) is 41.4 Å². The predicted octanol–water partition coefficient (Wildman–Crippen LogP) is 6.01.